The zero-order valence-corrected chi connectivity index (χ0v) is 15.0. The van der Waals surface area contributed by atoms with E-state index < -0.39 is 11.0 Å². The minimum atomic E-state index is -0.551. The monoisotopic (exact) mass is 383 g/mol. The van der Waals surface area contributed by atoms with Gasteiger partial charge in [0.25, 0.3) is 5.69 Å². The first kappa shape index (κ1) is 18.8. The number of carbonyl (C=O) groups is 1. The quantitative estimate of drug-likeness (QED) is 0.604. The maximum atomic E-state index is 12.4. The van der Waals surface area contributed by atoms with E-state index >= 15 is 0 Å². The van der Waals surface area contributed by atoms with Gasteiger partial charge in [0.15, 0.2) is 0 Å². The van der Waals surface area contributed by atoms with Gasteiger partial charge in [0.05, 0.1) is 27.8 Å². The van der Waals surface area contributed by atoms with E-state index in [0.717, 1.165) is 0 Å². The van der Waals surface area contributed by atoms with E-state index in [1.165, 1.54) is 30.2 Å². The summed E-state index contributed by atoms with van der Waals surface area (Å²) in [6, 6.07) is 8.61. The van der Waals surface area contributed by atoms with E-state index in [1.54, 1.807) is 25.2 Å². The van der Waals surface area contributed by atoms with Gasteiger partial charge in [-0.15, -0.1) is 0 Å². The lowest BCUT2D eigenvalue weighted by atomic mass is 10.2. The largest absolute Gasteiger partial charge is 0.495 e. The first-order chi connectivity index (χ1) is 11.8. The Morgan fingerprint density at radius 3 is 2.68 bits per heavy atom. The first-order valence-corrected chi connectivity index (χ1v) is 7.86. The van der Waals surface area contributed by atoms with Crippen LogP contribution in [0.3, 0.4) is 0 Å². The SMILES string of the molecule is COc1ccc([N+](=O)[O-])cc1NC(=O)N(C)Cc1cccc(Cl)c1Cl. The number of rotatable bonds is 5. The minimum Gasteiger partial charge on any atom is -0.495 e. The molecule has 0 unspecified atom stereocenters. The fourth-order valence-electron chi connectivity index (χ4n) is 2.12. The van der Waals surface area contributed by atoms with Crippen LogP contribution in [0.25, 0.3) is 0 Å². The van der Waals surface area contributed by atoms with Crippen LogP contribution < -0.4 is 10.1 Å². The number of urea groups is 1. The molecule has 0 saturated heterocycles. The van der Waals surface area contributed by atoms with Crippen molar-refractivity contribution in [1.82, 2.24) is 4.90 Å². The number of nitrogens with one attached hydrogen (secondary N) is 1. The minimum absolute atomic E-state index is 0.156. The molecule has 0 aromatic heterocycles. The highest BCUT2D eigenvalue weighted by Gasteiger charge is 2.17. The molecule has 0 fully saturated rings. The molecule has 7 nitrogen and oxygen atoms in total. The van der Waals surface area contributed by atoms with E-state index in [9.17, 15) is 14.9 Å². The van der Waals surface area contributed by atoms with Gasteiger partial charge >= 0.3 is 6.03 Å². The molecular weight excluding hydrogens is 369 g/mol. The lowest BCUT2D eigenvalue weighted by molar-refractivity contribution is -0.384. The van der Waals surface area contributed by atoms with Crippen molar-refractivity contribution in [2.24, 2.45) is 0 Å². The fourth-order valence-corrected chi connectivity index (χ4v) is 2.50. The van der Waals surface area contributed by atoms with Crippen LogP contribution in [0.4, 0.5) is 16.2 Å². The van der Waals surface area contributed by atoms with E-state index in [-0.39, 0.29) is 17.9 Å². The molecule has 0 radical (unpaired) electrons. The van der Waals surface area contributed by atoms with Crippen LogP contribution in [0.2, 0.25) is 10.0 Å². The smallest absolute Gasteiger partial charge is 0.321 e. The molecule has 2 aromatic rings. The highest BCUT2D eigenvalue weighted by molar-refractivity contribution is 6.42. The summed E-state index contributed by atoms with van der Waals surface area (Å²) in [4.78, 5) is 24.1. The summed E-state index contributed by atoms with van der Waals surface area (Å²) in [5.41, 5.74) is 0.722. The summed E-state index contributed by atoms with van der Waals surface area (Å²) in [7, 11) is 2.97. The number of halogens is 2. The van der Waals surface area contributed by atoms with E-state index in [1.807, 2.05) is 0 Å². The number of carbonyl (C=O) groups excluding carboxylic acids is 1. The Labute approximate surface area is 154 Å². The number of nitro groups is 1. The molecule has 0 bridgehead atoms. The summed E-state index contributed by atoms with van der Waals surface area (Å²) in [5, 5.41) is 14.3. The predicted octanol–water partition coefficient (Wildman–Crippen LogP) is 4.57. The van der Waals surface area contributed by atoms with Gasteiger partial charge in [-0.2, -0.15) is 0 Å². The number of amides is 2. The average Bonchev–Trinajstić information content (AvgIpc) is 2.58. The molecule has 25 heavy (non-hydrogen) atoms. The Morgan fingerprint density at radius 2 is 2.04 bits per heavy atom. The second kappa shape index (κ2) is 8.04. The molecule has 0 aliphatic heterocycles. The predicted molar refractivity (Wildman–Crippen MR) is 96.6 cm³/mol. The van der Waals surface area contributed by atoms with Crippen molar-refractivity contribution in [2.75, 3.05) is 19.5 Å². The van der Waals surface area contributed by atoms with Gasteiger partial charge in [-0.3, -0.25) is 10.1 Å². The van der Waals surface area contributed by atoms with Crippen LogP contribution in [0.15, 0.2) is 36.4 Å². The standard InChI is InChI=1S/C16H15Cl2N3O4/c1-20(9-10-4-3-5-12(17)15(10)18)16(22)19-13-8-11(21(23)24)6-7-14(13)25-2/h3-8H,9H2,1-2H3,(H,19,22). The van der Waals surface area contributed by atoms with E-state index in [0.29, 0.717) is 21.4 Å². The first-order valence-electron chi connectivity index (χ1n) is 7.11. The number of ether oxygens (including phenoxy) is 1. The van der Waals surface area contributed by atoms with Crippen molar-refractivity contribution >= 4 is 40.6 Å². The third-order valence-corrected chi connectivity index (χ3v) is 4.28. The molecule has 2 amide bonds. The summed E-state index contributed by atoms with van der Waals surface area (Å²) in [6.45, 7) is 0.211. The van der Waals surface area contributed by atoms with Crippen LogP contribution in [-0.4, -0.2) is 30.0 Å². The van der Waals surface area contributed by atoms with E-state index in [2.05, 4.69) is 5.32 Å². The molecule has 0 atom stereocenters. The normalized spacial score (nSPS) is 10.2. The third-order valence-electron chi connectivity index (χ3n) is 3.42. The number of nitro benzene ring substituents is 1. The summed E-state index contributed by atoms with van der Waals surface area (Å²) >= 11 is 12.1. The maximum absolute atomic E-state index is 12.4. The number of methoxy groups -OCH3 is 1. The Kier molecular flexibility index (Phi) is 6.06. The van der Waals surface area contributed by atoms with Crippen molar-refractivity contribution in [3.05, 3.63) is 62.1 Å². The highest BCUT2D eigenvalue weighted by atomic mass is 35.5. The number of benzene rings is 2. The van der Waals surface area contributed by atoms with Crippen LogP contribution in [0.5, 0.6) is 5.75 Å². The zero-order chi connectivity index (χ0) is 18.6. The van der Waals surface area contributed by atoms with Crippen LogP contribution >= 0.6 is 23.2 Å². The lowest BCUT2D eigenvalue weighted by Crippen LogP contribution is -2.31. The van der Waals surface area contributed by atoms with Crippen molar-refractivity contribution in [2.45, 2.75) is 6.54 Å². The lowest BCUT2D eigenvalue weighted by Gasteiger charge is -2.20. The molecule has 2 aromatic carbocycles. The zero-order valence-electron chi connectivity index (χ0n) is 13.5. The molecule has 1 N–H and O–H groups in total. The molecule has 132 valence electrons. The summed E-state index contributed by atoms with van der Waals surface area (Å²) in [6.07, 6.45) is 0. The Morgan fingerprint density at radius 1 is 1.32 bits per heavy atom. The van der Waals surface area contributed by atoms with Gasteiger partial charge in [0.1, 0.15) is 5.75 Å². The second-order valence-corrected chi connectivity index (χ2v) is 5.93. The topological polar surface area (TPSA) is 84.7 Å². The molecule has 0 aliphatic rings. The highest BCUT2D eigenvalue weighted by Crippen LogP contribution is 2.30. The van der Waals surface area contributed by atoms with Crippen molar-refractivity contribution in [3.63, 3.8) is 0 Å². The Balaban J connectivity index is 2.17. The van der Waals surface area contributed by atoms with Gasteiger partial charge in [-0.05, 0) is 17.7 Å². The molecule has 2 rings (SSSR count). The third kappa shape index (κ3) is 4.52. The van der Waals surface area contributed by atoms with Crippen LogP contribution in [0.1, 0.15) is 5.56 Å². The Hall–Kier alpha value is -2.51. The molecular formula is C16H15Cl2N3O4. The number of hydrogen-bond acceptors (Lipinski definition) is 4. The van der Waals surface area contributed by atoms with Gasteiger partial charge in [-0.1, -0.05) is 35.3 Å². The number of nitrogens with zero attached hydrogens (tertiary/aromatic N) is 2. The summed E-state index contributed by atoms with van der Waals surface area (Å²) < 4.78 is 5.12. The summed E-state index contributed by atoms with van der Waals surface area (Å²) in [5.74, 6) is 0.313. The van der Waals surface area contributed by atoms with Crippen molar-refractivity contribution < 1.29 is 14.5 Å². The molecule has 0 heterocycles. The number of non-ortho nitro benzene ring substituents is 1. The number of anilines is 1. The molecule has 9 heteroatoms. The van der Waals surface area contributed by atoms with Gasteiger partial charge in [-0.25, -0.2) is 4.79 Å². The van der Waals surface area contributed by atoms with Crippen LogP contribution in [0, 0.1) is 10.1 Å². The molecule has 0 aliphatic carbocycles. The second-order valence-electron chi connectivity index (χ2n) is 5.14. The van der Waals surface area contributed by atoms with Gasteiger partial charge in [0, 0.05) is 25.7 Å². The maximum Gasteiger partial charge on any atom is 0.321 e. The van der Waals surface area contributed by atoms with Crippen molar-refractivity contribution in [3.8, 4) is 5.75 Å². The van der Waals surface area contributed by atoms with Crippen molar-refractivity contribution in [1.29, 1.82) is 0 Å². The number of hydrogen-bond donors (Lipinski definition) is 1. The van der Waals surface area contributed by atoms with Gasteiger partial charge < -0.3 is 15.0 Å². The average molecular weight is 384 g/mol. The van der Waals surface area contributed by atoms with Gasteiger partial charge in [0.2, 0.25) is 0 Å². The molecule has 0 saturated carbocycles. The Bertz CT molecular complexity index is 814. The molecule has 0 spiro atoms. The fraction of sp³-hybridized carbons (Fsp3) is 0.188. The van der Waals surface area contributed by atoms with E-state index in [4.69, 9.17) is 27.9 Å². The van der Waals surface area contributed by atoms with Crippen LogP contribution in [-0.2, 0) is 6.54 Å².